The van der Waals surface area contributed by atoms with E-state index in [1.165, 1.54) is 19.2 Å². The standard InChI is InChI=1S/C37H39FN6O8/c1-5-30(45)50-23-36(22-40-43-39)33(51-31(46)6-2)32(38)34(52-36)44-21-20-29(41-35(44)47)42-37(24-10-8-7-9-11-24,25-12-16-27(48-3)17-13-25)26-14-18-28(49-4)19-15-26/h7-21,32-34H,5-6,22-23H2,1-4H3,(H,41,42,47)/t32-,33+,34-,36-/m1/s1. The Balaban J connectivity index is 1.60. The number of hydrogen-bond donors (Lipinski definition) is 1. The van der Waals surface area contributed by atoms with Crippen LogP contribution in [0.1, 0.15) is 49.6 Å². The summed E-state index contributed by atoms with van der Waals surface area (Å²) in [5, 5.41) is 7.03. The number of carbonyl (C=O) groups excluding carboxylic acids is 2. The molecule has 0 amide bonds. The average Bonchev–Trinajstić information content (AvgIpc) is 3.45. The number of anilines is 1. The van der Waals surface area contributed by atoms with Gasteiger partial charge in [-0.05, 0) is 52.6 Å². The summed E-state index contributed by atoms with van der Waals surface area (Å²) in [5.41, 5.74) is 7.51. The summed E-state index contributed by atoms with van der Waals surface area (Å²) >= 11 is 0. The van der Waals surface area contributed by atoms with Crippen molar-refractivity contribution < 1.29 is 37.7 Å². The van der Waals surface area contributed by atoms with E-state index in [1.807, 2.05) is 78.9 Å². The second-order valence-electron chi connectivity index (χ2n) is 11.9. The molecule has 1 aliphatic heterocycles. The fourth-order valence-corrected chi connectivity index (χ4v) is 6.12. The summed E-state index contributed by atoms with van der Waals surface area (Å²) in [7, 11) is 3.15. The summed E-state index contributed by atoms with van der Waals surface area (Å²) in [6.45, 7) is 1.90. The number of nitrogens with one attached hydrogen (secondary N) is 1. The number of halogens is 1. The van der Waals surface area contributed by atoms with E-state index in [0.29, 0.717) is 11.5 Å². The van der Waals surface area contributed by atoms with Gasteiger partial charge in [-0.25, -0.2) is 9.18 Å². The third kappa shape index (κ3) is 7.55. The van der Waals surface area contributed by atoms with Gasteiger partial charge in [-0.15, -0.1) is 0 Å². The predicted molar refractivity (Wildman–Crippen MR) is 188 cm³/mol. The lowest BCUT2D eigenvalue weighted by Crippen LogP contribution is -2.51. The van der Waals surface area contributed by atoms with Crippen LogP contribution in [0.15, 0.2) is 101 Å². The van der Waals surface area contributed by atoms with E-state index in [-0.39, 0.29) is 18.7 Å². The highest BCUT2D eigenvalue weighted by Crippen LogP contribution is 2.43. The number of carbonyl (C=O) groups is 2. The van der Waals surface area contributed by atoms with Crippen molar-refractivity contribution in [2.45, 2.75) is 56.3 Å². The topological polar surface area (TPSA) is 176 Å². The van der Waals surface area contributed by atoms with Gasteiger partial charge in [-0.1, -0.05) is 73.6 Å². The first-order valence-corrected chi connectivity index (χ1v) is 16.5. The van der Waals surface area contributed by atoms with Gasteiger partial charge in [-0.3, -0.25) is 14.2 Å². The Morgan fingerprint density at radius 2 is 1.52 bits per heavy atom. The smallest absolute Gasteiger partial charge is 0.351 e. The largest absolute Gasteiger partial charge is 0.497 e. The van der Waals surface area contributed by atoms with Crippen LogP contribution >= 0.6 is 0 Å². The number of nitrogens with zero attached hydrogens (tertiary/aromatic N) is 5. The number of methoxy groups -OCH3 is 2. The highest BCUT2D eigenvalue weighted by molar-refractivity contribution is 5.70. The monoisotopic (exact) mass is 714 g/mol. The second kappa shape index (κ2) is 16.4. The van der Waals surface area contributed by atoms with Crippen LogP contribution in [0.4, 0.5) is 10.2 Å². The number of rotatable bonds is 15. The van der Waals surface area contributed by atoms with Crippen molar-refractivity contribution in [3.05, 3.63) is 129 Å². The SMILES string of the molecule is CCC(=O)OC[C@@]1(CN=[N+]=[N-])O[C@@H](n2ccc(NC(c3ccccc3)(c3ccc(OC)cc3)c3ccc(OC)cc3)nc2=O)[C@H](F)[C@@H]1OC(=O)CC. The maximum Gasteiger partial charge on any atom is 0.351 e. The van der Waals surface area contributed by atoms with E-state index >= 15 is 4.39 Å². The molecule has 1 saturated heterocycles. The molecule has 0 radical (unpaired) electrons. The minimum absolute atomic E-state index is 0.00510. The van der Waals surface area contributed by atoms with Crippen molar-refractivity contribution in [1.82, 2.24) is 9.55 Å². The summed E-state index contributed by atoms with van der Waals surface area (Å²) in [4.78, 5) is 45.4. The molecule has 0 bridgehead atoms. The molecule has 1 aromatic heterocycles. The van der Waals surface area contributed by atoms with Crippen LogP contribution in [-0.4, -0.2) is 66.7 Å². The Kier molecular flexibility index (Phi) is 11.8. The highest BCUT2D eigenvalue weighted by atomic mass is 19.1. The van der Waals surface area contributed by atoms with Crippen LogP contribution in [-0.2, 0) is 29.3 Å². The molecule has 3 aromatic carbocycles. The van der Waals surface area contributed by atoms with Crippen LogP contribution < -0.4 is 20.5 Å². The third-order valence-corrected chi connectivity index (χ3v) is 8.82. The Bertz CT molecular complexity index is 1910. The van der Waals surface area contributed by atoms with Gasteiger partial charge in [0, 0.05) is 24.0 Å². The first-order valence-electron chi connectivity index (χ1n) is 16.5. The Hall–Kier alpha value is -5.92. The van der Waals surface area contributed by atoms with Crippen LogP contribution in [0.2, 0.25) is 0 Å². The summed E-state index contributed by atoms with van der Waals surface area (Å²) in [6.07, 6.45) is -4.35. The van der Waals surface area contributed by atoms with Gasteiger partial charge in [-0.2, -0.15) is 4.98 Å². The number of benzene rings is 3. The van der Waals surface area contributed by atoms with Gasteiger partial charge in [0.1, 0.15) is 29.5 Å². The van der Waals surface area contributed by atoms with E-state index in [2.05, 4.69) is 20.3 Å². The maximum absolute atomic E-state index is 16.4. The van der Waals surface area contributed by atoms with Gasteiger partial charge < -0.3 is 29.0 Å². The van der Waals surface area contributed by atoms with Crippen LogP contribution in [0.25, 0.3) is 10.4 Å². The van der Waals surface area contributed by atoms with Crippen LogP contribution in [0, 0.1) is 0 Å². The van der Waals surface area contributed by atoms with E-state index in [9.17, 15) is 14.4 Å². The van der Waals surface area contributed by atoms with E-state index in [0.717, 1.165) is 21.3 Å². The van der Waals surface area contributed by atoms with Gasteiger partial charge in [0.15, 0.2) is 24.1 Å². The van der Waals surface area contributed by atoms with E-state index < -0.39 is 60.4 Å². The lowest BCUT2D eigenvalue weighted by atomic mass is 9.77. The van der Waals surface area contributed by atoms with Gasteiger partial charge in [0.2, 0.25) is 0 Å². The lowest BCUT2D eigenvalue weighted by Gasteiger charge is -2.37. The normalized spacial score (nSPS) is 19.6. The van der Waals surface area contributed by atoms with Gasteiger partial charge in [0.05, 0.1) is 20.8 Å². The average molecular weight is 715 g/mol. The lowest BCUT2D eigenvalue weighted by molar-refractivity contribution is -0.176. The number of alkyl halides is 1. The molecular weight excluding hydrogens is 675 g/mol. The van der Waals surface area contributed by atoms with Crippen LogP contribution in [0.5, 0.6) is 11.5 Å². The third-order valence-electron chi connectivity index (χ3n) is 8.82. The van der Waals surface area contributed by atoms with E-state index in [1.54, 1.807) is 21.1 Å². The number of esters is 2. The molecule has 14 nitrogen and oxygen atoms in total. The number of hydrogen-bond acceptors (Lipinski definition) is 11. The minimum Gasteiger partial charge on any atom is -0.497 e. The zero-order valence-corrected chi connectivity index (χ0v) is 29.1. The molecule has 0 spiro atoms. The molecule has 4 aromatic rings. The molecule has 2 heterocycles. The zero-order valence-electron chi connectivity index (χ0n) is 29.1. The molecule has 1 N–H and O–H groups in total. The fourth-order valence-electron chi connectivity index (χ4n) is 6.12. The van der Waals surface area contributed by atoms with Crippen LogP contribution in [0.3, 0.4) is 0 Å². The first-order chi connectivity index (χ1) is 25.1. The Labute approximate surface area is 299 Å². The highest BCUT2D eigenvalue weighted by Gasteiger charge is 2.59. The number of aromatic nitrogens is 2. The summed E-state index contributed by atoms with van der Waals surface area (Å²) in [6, 6.07) is 25.9. The van der Waals surface area contributed by atoms with Crippen molar-refractivity contribution in [2.24, 2.45) is 5.11 Å². The molecule has 272 valence electrons. The maximum atomic E-state index is 16.4. The van der Waals surface area contributed by atoms with Crippen molar-refractivity contribution >= 4 is 17.8 Å². The molecule has 52 heavy (non-hydrogen) atoms. The van der Waals surface area contributed by atoms with Crippen molar-refractivity contribution in [1.29, 1.82) is 0 Å². The quantitative estimate of drug-likeness (QED) is 0.0516. The molecule has 15 heteroatoms. The molecule has 0 aliphatic carbocycles. The zero-order chi connectivity index (χ0) is 37.3. The number of azide groups is 1. The predicted octanol–water partition coefficient (Wildman–Crippen LogP) is 5.86. The molecule has 4 atom stereocenters. The van der Waals surface area contributed by atoms with E-state index in [4.69, 9.17) is 29.2 Å². The Morgan fingerprint density at radius 3 is 2.04 bits per heavy atom. The van der Waals surface area contributed by atoms with Crippen molar-refractivity contribution in [3.63, 3.8) is 0 Å². The molecule has 1 aliphatic rings. The fraction of sp³-hybridized carbons (Fsp3) is 0.351. The van der Waals surface area contributed by atoms with Crippen molar-refractivity contribution in [2.75, 3.05) is 32.7 Å². The minimum atomic E-state index is -2.15. The summed E-state index contributed by atoms with van der Waals surface area (Å²) < 4.78 is 44.9. The molecule has 0 saturated carbocycles. The Morgan fingerprint density at radius 1 is 0.942 bits per heavy atom. The first kappa shape index (κ1) is 37.3. The molecule has 0 unspecified atom stereocenters. The second-order valence-corrected chi connectivity index (χ2v) is 11.9. The van der Waals surface area contributed by atoms with Crippen molar-refractivity contribution in [3.8, 4) is 11.5 Å². The molecule has 1 fully saturated rings. The molecule has 5 rings (SSSR count). The van der Waals surface area contributed by atoms with Gasteiger partial charge >= 0.3 is 17.6 Å². The number of ether oxygens (including phenoxy) is 5. The molecular formula is C37H39FN6O8. The summed E-state index contributed by atoms with van der Waals surface area (Å²) in [5.74, 6) is -0.00208. The van der Waals surface area contributed by atoms with Gasteiger partial charge in [0.25, 0.3) is 0 Å².